The monoisotopic (exact) mass is 652 g/mol. The Kier molecular flexibility index (Phi) is 10.9. The van der Waals surface area contributed by atoms with Gasteiger partial charge in [-0.25, -0.2) is 9.78 Å². The van der Waals surface area contributed by atoms with E-state index >= 15 is 0 Å². The molecule has 0 unspecified atom stereocenters. The number of amides is 2. The molecule has 3 aromatic rings. The molecule has 0 saturated heterocycles. The number of benzene rings is 1. The molecule has 0 fully saturated rings. The number of nitrogens with one attached hydrogen (secondary N) is 3. The lowest BCUT2D eigenvalue weighted by molar-refractivity contribution is -0.120. The Morgan fingerprint density at radius 3 is 2.37 bits per heavy atom. The van der Waals surface area contributed by atoms with Crippen molar-refractivity contribution in [2.75, 3.05) is 39.1 Å². The molecular formula is C33H40N4O8S. The van der Waals surface area contributed by atoms with E-state index in [-0.39, 0.29) is 33.8 Å². The standard InChI is InChI=1S/C33H40N4O8S/c1-16(2)13-24(31(40)37-33-36-28(17(3)46-33)32(41)45-8)35-23-12-10-20-21(15-25(23)39)22(34-18(4)38)11-9-19-14-26(42-5)29(43-6)30(44-7)27(19)20/h10,12,14-16,22,24H,9,11,13H2,1-8H3,(H,34,38)(H,35,39)(H,36,37,40)/t22-,24+/m1/s1. The van der Waals surface area contributed by atoms with E-state index in [2.05, 4.69) is 20.9 Å². The number of aryl methyl sites for hydroxylation is 2. The molecule has 1 aliphatic carbocycles. The van der Waals surface area contributed by atoms with Crippen LogP contribution in [0.25, 0.3) is 11.1 Å². The molecule has 46 heavy (non-hydrogen) atoms. The maximum atomic E-state index is 13.8. The zero-order chi connectivity index (χ0) is 33.7. The van der Waals surface area contributed by atoms with E-state index in [4.69, 9.17) is 18.9 Å². The van der Waals surface area contributed by atoms with Crippen LogP contribution < -0.4 is 35.6 Å². The number of thiazole rings is 1. The molecule has 0 bridgehead atoms. The zero-order valence-electron chi connectivity index (χ0n) is 27.3. The summed E-state index contributed by atoms with van der Waals surface area (Å²) < 4.78 is 21.9. The number of carbonyl (C=O) groups excluding carboxylic acids is 3. The number of methoxy groups -OCH3 is 4. The third-order valence-electron chi connectivity index (χ3n) is 7.67. The van der Waals surface area contributed by atoms with Gasteiger partial charge < -0.3 is 34.9 Å². The summed E-state index contributed by atoms with van der Waals surface area (Å²) in [7, 11) is 5.88. The fourth-order valence-corrected chi connectivity index (χ4v) is 6.45. The van der Waals surface area contributed by atoms with E-state index in [1.807, 2.05) is 19.9 Å². The summed E-state index contributed by atoms with van der Waals surface area (Å²) in [6.07, 6.45) is 1.49. The van der Waals surface area contributed by atoms with Crippen LogP contribution in [0.2, 0.25) is 0 Å². The van der Waals surface area contributed by atoms with Crippen LogP contribution >= 0.6 is 11.3 Å². The molecule has 13 heteroatoms. The topological polar surface area (TPSA) is 154 Å². The summed E-state index contributed by atoms with van der Waals surface area (Å²) in [5, 5.41) is 9.19. The first-order chi connectivity index (χ1) is 21.9. The van der Waals surface area contributed by atoms with Gasteiger partial charge in [-0.05, 0) is 67.0 Å². The van der Waals surface area contributed by atoms with Crippen molar-refractivity contribution in [2.45, 2.75) is 59.0 Å². The summed E-state index contributed by atoms with van der Waals surface area (Å²) in [5.41, 5.74) is 2.87. The second-order valence-corrected chi connectivity index (χ2v) is 12.5. The first kappa shape index (κ1) is 34.2. The highest BCUT2D eigenvalue weighted by Crippen LogP contribution is 2.50. The van der Waals surface area contributed by atoms with Gasteiger partial charge in [0.25, 0.3) is 0 Å². The molecule has 0 aliphatic heterocycles. The lowest BCUT2D eigenvalue weighted by Gasteiger charge is -2.20. The van der Waals surface area contributed by atoms with E-state index in [0.717, 1.165) is 22.5 Å². The number of hydrogen-bond acceptors (Lipinski definition) is 11. The minimum absolute atomic E-state index is 0.0962. The highest BCUT2D eigenvalue weighted by atomic mass is 32.1. The lowest BCUT2D eigenvalue weighted by atomic mass is 9.95. The van der Waals surface area contributed by atoms with E-state index in [1.165, 1.54) is 34.3 Å². The van der Waals surface area contributed by atoms with Crippen LogP contribution in [0.3, 0.4) is 0 Å². The Morgan fingerprint density at radius 2 is 1.76 bits per heavy atom. The average molecular weight is 653 g/mol. The average Bonchev–Trinajstić information content (AvgIpc) is 3.22. The van der Waals surface area contributed by atoms with Gasteiger partial charge in [0, 0.05) is 17.4 Å². The number of nitrogens with zero attached hydrogens (tertiary/aromatic N) is 1. The molecule has 2 amide bonds. The summed E-state index contributed by atoms with van der Waals surface area (Å²) in [4.78, 5) is 56.5. The van der Waals surface area contributed by atoms with Gasteiger partial charge in [0.15, 0.2) is 22.3 Å². The van der Waals surface area contributed by atoms with Gasteiger partial charge in [0.05, 0.1) is 40.2 Å². The summed E-state index contributed by atoms with van der Waals surface area (Å²) in [5.74, 6) is 0.207. The van der Waals surface area contributed by atoms with Gasteiger partial charge in [-0.1, -0.05) is 19.9 Å². The second-order valence-electron chi connectivity index (χ2n) is 11.3. The third kappa shape index (κ3) is 7.25. The van der Waals surface area contributed by atoms with Crippen molar-refractivity contribution < 1.29 is 33.3 Å². The van der Waals surface area contributed by atoms with Crippen molar-refractivity contribution in [2.24, 2.45) is 5.92 Å². The molecule has 4 rings (SSSR count). The van der Waals surface area contributed by atoms with Crippen molar-refractivity contribution in [1.82, 2.24) is 10.3 Å². The third-order valence-corrected chi connectivity index (χ3v) is 8.56. The molecule has 12 nitrogen and oxygen atoms in total. The fraction of sp³-hybridized carbons (Fsp3) is 0.424. The highest BCUT2D eigenvalue weighted by molar-refractivity contribution is 7.16. The summed E-state index contributed by atoms with van der Waals surface area (Å²) in [6.45, 7) is 7.10. The molecule has 246 valence electrons. The molecule has 0 spiro atoms. The number of carbonyl (C=O) groups is 3. The minimum Gasteiger partial charge on any atom is -0.493 e. The predicted octanol–water partition coefficient (Wildman–Crippen LogP) is 4.88. The van der Waals surface area contributed by atoms with Crippen molar-refractivity contribution in [3.8, 4) is 28.4 Å². The number of fused-ring (bicyclic) bond motifs is 3. The Labute approximate surface area is 271 Å². The number of hydrogen-bond donors (Lipinski definition) is 3. The van der Waals surface area contributed by atoms with Gasteiger partial charge in [0.2, 0.25) is 23.0 Å². The summed E-state index contributed by atoms with van der Waals surface area (Å²) in [6, 6.07) is 5.54. The largest absolute Gasteiger partial charge is 0.493 e. The molecule has 1 heterocycles. The second kappa shape index (κ2) is 14.6. The number of esters is 1. The van der Waals surface area contributed by atoms with Crippen LogP contribution in [0, 0.1) is 12.8 Å². The first-order valence-corrected chi connectivity index (χ1v) is 15.6. The highest BCUT2D eigenvalue weighted by Gasteiger charge is 2.30. The molecule has 2 atom stereocenters. The quantitative estimate of drug-likeness (QED) is 0.244. The minimum atomic E-state index is -0.807. The van der Waals surface area contributed by atoms with Crippen LogP contribution in [0.1, 0.15) is 66.1 Å². The molecule has 0 saturated carbocycles. The molecule has 2 aromatic carbocycles. The lowest BCUT2D eigenvalue weighted by Crippen LogP contribution is -2.37. The maximum absolute atomic E-state index is 13.8. The maximum Gasteiger partial charge on any atom is 0.357 e. The van der Waals surface area contributed by atoms with Crippen molar-refractivity contribution in [3.63, 3.8) is 0 Å². The Morgan fingerprint density at radius 1 is 1.04 bits per heavy atom. The van der Waals surface area contributed by atoms with Gasteiger partial charge in [-0.2, -0.15) is 0 Å². The van der Waals surface area contributed by atoms with Crippen molar-refractivity contribution >= 4 is 39.9 Å². The molecule has 1 aliphatic rings. The number of rotatable bonds is 11. The van der Waals surface area contributed by atoms with E-state index in [1.54, 1.807) is 26.2 Å². The molecule has 1 aromatic heterocycles. The Hall–Kier alpha value is -4.65. The number of anilines is 2. The number of ether oxygens (including phenoxy) is 4. The van der Waals surface area contributed by atoms with Gasteiger partial charge >= 0.3 is 5.97 Å². The van der Waals surface area contributed by atoms with E-state index < -0.39 is 24.0 Å². The van der Waals surface area contributed by atoms with Crippen LogP contribution in [0.4, 0.5) is 10.8 Å². The van der Waals surface area contributed by atoms with E-state index in [9.17, 15) is 19.2 Å². The van der Waals surface area contributed by atoms with Crippen LogP contribution in [0.5, 0.6) is 17.2 Å². The Bertz CT molecular complexity index is 1700. The number of aromatic nitrogens is 1. The van der Waals surface area contributed by atoms with Crippen molar-refractivity contribution in [3.05, 3.63) is 56.2 Å². The molecule has 3 N–H and O–H groups in total. The van der Waals surface area contributed by atoms with Gasteiger partial charge in [0.1, 0.15) is 6.04 Å². The normalized spacial score (nSPS) is 14.2. The predicted molar refractivity (Wildman–Crippen MR) is 176 cm³/mol. The van der Waals surface area contributed by atoms with Crippen LogP contribution in [-0.2, 0) is 20.7 Å². The molecular weight excluding hydrogens is 612 g/mol. The smallest absolute Gasteiger partial charge is 0.357 e. The van der Waals surface area contributed by atoms with E-state index in [0.29, 0.717) is 52.5 Å². The van der Waals surface area contributed by atoms with Crippen LogP contribution in [-0.4, -0.2) is 57.2 Å². The van der Waals surface area contributed by atoms with Gasteiger partial charge in [-0.15, -0.1) is 11.3 Å². The zero-order valence-corrected chi connectivity index (χ0v) is 28.1. The van der Waals surface area contributed by atoms with Crippen molar-refractivity contribution in [1.29, 1.82) is 0 Å². The summed E-state index contributed by atoms with van der Waals surface area (Å²) >= 11 is 1.16. The van der Waals surface area contributed by atoms with Gasteiger partial charge in [-0.3, -0.25) is 14.4 Å². The first-order valence-electron chi connectivity index (χ1n) is 14.8. The fourth-order valence-electron chi connectivity index (χ4n) is 5.65. The SMILES string of the molecule is COC(=O)c1nc(NC(=O)[C@H](CC(C)C)Nc2ccc3c(cc2=O)[C@H](NC(C)=O)CCc2cc(OC)c(OC)c(OC)c2-3)sc1C. The molecule has 0 radical (unpaired) electrons. The van der Waals surface area contributed by atoms with Crippen LogP contribution in [0.15, 0.2) is 29.1 Å². The Balaban J connectivity index is 1.81.